The van der Waals surface area contributed by atoms with E-state index in [-0.39, 0.29) is 23.4 Å². The van der Waals surface area contributed by atoms with Crippen LogP contribution in [0.3, 0.4) is 0 Å². The second-order valence-corrected chi connectivity index (χ2v) is 7.41. The molecule has 1 saturated heterocycles. The highest BCUT2D eigenvalue weighted by Crippen LogP contribution is 2.41. The van der Waals surface area contributed by atoms with E-state index in [0.717, 1.165) is 11.6 Å². The van der Waals surface area contributed by atoms with Crippen molar-refractivity contribution in [2.45, 2.75) is 12.6 Å². The minimum Gasteiger partial charge on any atom is -0.507 e. The van der Waals surface area contributed by atoms with Crippen LogP contribution in [0.5, 0.6) is 11.5 Å². The molecule has 1 N–H and O–H groups in total. The number of carbonyl (C=O) groups is 2. The van der Waals surface area contributed by atoms with Gasteiger partial charge >= 0.3 is 0 Å². The van der Waals surface area contributed by atoms with Crippen LogP contribution in [0.4, 0.5) is 4.39 Å². The monoisotopic (exact) mass is 448 g/mol. The number of hydrogen-bond acceptors (Lipinski definition) is 6. The Morgan fingerprint density at radius 2 is 1.82 bits per heavy atom. The zero-order chi connectivity index (χ0) is 23.5. The van der Waals surface area contributed by atoms with Crippen molar-refractivity contribution in [3.63, 3.8) is 0 Å². The van der Waals surface area contributed by atoms with Gasteiger partial charge in [0, 0.05) is 24.5 Å². The van der Waals surface area contributed by atoms with Crippen molar-refractivity contribution in [1.29, 1.82) is 0 Å². The van der Waals surface area contributed by atoms with Gasteiger partial charge in [-0.2, -0.15) is 0 Å². The number of pyridine rings is 1. The molecule has 7 nitrogen and oxygen atoms in total. The molecule has 0 bridgehead atoms. The molecule has 1 unspecified atom stereocenters. The van der Waals surface area contributed by atoms with Gasteiger partial charge in [-0.05, 0) is 53.6 Å². The maximum absolute atomic E-state index is 14.3. The summed E-state index contributed by atoms with van der Waals surface area (Å²) in [7, 11) is 2.83. The number of methoxy groups -OCH3 is 2. The molecule has 4 rings (SSSR count). The fourth-order valence-corrected chi connectivity index (χ4v) is 3.86. The number of hydrogen-bond donors (Lipinski definition) is 1. The molecule has 1 atom stereocenters. The molecular formula is C25H21FN2O5. The molecule has 33 heavy (non-hydrogen) atoms. The minimum absolute atomic E-state index is 0.00552. The van der Waals surface area contributed by atoms with E-state index in [9.17, 15) is 19.1 Å². The van der Waals surface area contributed by atoms with Crippen LogP contribution in [-0.4, -0.2) is 40.9 Å². The predicted octanol–water partition coefficient (Wildman–Crippen LogP) is 3.86. The van der Waals surface area contributed by atoms with Gasteiger partial charge in [0.05, 0.1) is 25.8 Å². The Balaban J connectivity index is 1.88. The lowest BCUT2D eigenvalue weighted by atomic mass is 9.95. The number of aliphatic hydroxyl groups excluding tert-OH is 1. The third-order valence-corrected chi connectivity index (χ3v) is 5.48. The topological polar surface area (TPSA) is 89.0 Å². The van der Waals surface area contributed by atoms with Gasteiger partial charge in [-0.25, -0.2) is 4.39 Å². The molecule has 0 saturated carbocycles. The largest absolute Gasteiger partial charge is 0.507 e. The van der Waals surface area contributed by atoms with Crippen molar-refractivity contribution in [3.8, 4) is 11.5 Å². The van der Waals surface area contributed by atoms with Gasteiger partial charge in [0.1, 0.15) is 11.5 Å². The number of halogens is 1. The average Bonchev–Trinajstić information content (AvgIpc) is 3.09. The fraction of sp³-hybridized carbons (Fsp3) is 0.160. The summed E-state index contributed by atoms with van der Waals surface area (Å²) in [4.78, 5) is 31.5. The molecule has 168 valence electrons. The van der Waals surface area contributed by atoms with Gasteiger partial charge in [0.2, 0.25) is 0 Å². The van der Waals surface area contributed by atoms with Gasteiger partial charge in [-0.1, -0.05) is 12.1 Å². The van der Waals surface area contributed by atoms with Crippen LogP contribution in [0.15, 0.2) is 72.6 Å². The summed E-state index contributed by atoms with van der Waals surface area (Å²) in [5, 5.41) is 11.1. The maximum Gasteiger partial charge on any atom is 0.295 e. The lowest BCUT2D eigenvalue weighted by Gasteiger charge is -2.25. The zero-order valence-electron chi connectivity index (χ0n) is 18.0. The molecule has 1 aromatic heterocycles. The highest BCUT2D eigenvalue weighted by Gasteiger charge is 2.46. The van der Waals surface area contributed by atoms with E-state index in [1.165, 1.54) is 31.3 Å². The highest BCUT2D eigenvalue weighted by molar-refractivity contribution is 6.46. The number of ether oxygens (including phenoxy) is 2. The third-order valence-electron chi connectivity index (χ3n) is 5.48. The van der Waals surface area contributed by atoms with Crippen molar-refractivity contribution in [2.75, 3.05) is 14.2 Å². The summed E-state index contributed by atoms with van der Waals surface area (Å²) in [5.74, 6) is -2.28. The Labute approximate surface area is 189 Å². The van der Waals surface area contributed by atoms with Crippen LogP contribution in [-0.2, 0) is 16.1 Å². The maximum atomic E-state index is 14.3. The fourth-order valence-electron chi connectivity index (χ4n) is 3.86. The van der Waals surface area contributed by atoms with E-state index < -0.39 is 29.3 Å². The lowest BCUT2D eigenvalue weighted by Crippen LogP contribution is -2.29. The van der Waals surface area contributed by atoms with Crippen molar-refractivity contribution < 1.29 is 28.6 Å². The Kier molecular flexibility index (Phi) is 6.08. The third kappa shape index (κ3) is 4.15. The Morgan fingerprint density at radius 1 is 1.06 bits per heavy atom. The highest BCUT2D eigenvalue weighted by atomic mass is 19.1. The second kappa shape index (κ2) is 9.12. The smallest absolute Gasteiger partial charge is 0.295 e. The molecule has 1 aliphatic rings. The van der Waals surface area contributed by atoms with E-state index in [1.54, 1.807) is 48.8 Å². The van der Waals surface area contributed by atoms with Gasteiger partial charge in [-0.15, -0.1) is 0 Å². The molecule has 1 fully saturated rings. The van der Waals surface area contributed by atoms with Crippen molar-refractivity contribution in [2.24, 2.45) is 0 Å². The van der Waals surface area contributed by atoms with Crippen molar-refractivity contribution in [3.05, 3.63) is 95.1 Å². The number of benzene rings is 2. The first-order valence-electron chi connectivity index (χ1n) is 10.1. The van der Waals surface area contributed by atoms with E-state index >= 15 is 0 Å². The van der Waals surface area contributed by atoms with E-state index in [0.29, 0.717) is 11.3 Å². The summed E-state index contributed by atoms with van der Waals surface area (Å²) < 4.78 is 24.5. The van der Waals surface area contributed by atoms with Crippen LogP contribution < -0.4 is 9.47 Å². The first-order chi connectivity index (χ1) is 15.9. The summed E-state index contributed by atoms with van der Waals surface area (Å²) in [6.07, 6.45) is 3.18. The van der Waals surface area contributed by atoms with Gasteiger partial charge in [-0.3, -0.25) is 14.6 Å². The Morgan fingerprint density at radius 3 is 2.48 bits per heavy atom. The lowest BCUT2D eigenvalue weighted by molar-refractivity contribution is -0.140. The zero-order valence-corrected chi connectivity index (χ0v) is 18.0. The summed E-state index contributed by atoms with van der Waals surface area (Å²) in [6, 6.07) is 13.3. The number of nitrogens with zero attached hydrogens (tertiary/aromatic N) is 2. The van der Waals surface area contributed by atoms with Crippen LogP contribution in [0, 0.1) is 5.82 Å². The molecule has 0 aliphatic carbocycles. The van der Waals surface area contributed by atoms with Gasteiger partial charge in [0.15, 0.2) is 11.6 Å². The number of aromatic nitrogens is 1. The standard InChI is InChI=1S/C25H21FN2O5/c1-32-18-5-3-4-16(12-18)22-21(23(29)17-6-7-20(33-2)19(26)13-17)24(30)25(31)28(22)14-15-8-10-27-11-9-15/h3-13,22,29H,14H2,1-2H3/b23-21+. The Hall–Kier alpha value is -4.20. The Bertz CT molecular complexity index is 1240. The number of ketones is 1. The average molecular weight is 448 g/mol. The number of likely N-dealkylation sites (tertiary alicyclic amines) is 1. The summed E-state index contributed by atoms with van der Waals surface area (Å²) in [6.45, 7) is 0.114. The van der Waals surface area contributed by atoms with Gasteiger partial charge in [0.25, 0.3) is 11.7 Å². The first-order valence-corrected chi connectivity index (χ1v) is 10.1. The number of Topliss-reactive ketones (excluding diaryl/α,β-unsaturated/α-hetero) is 1. The second-order valence-electron chi connectivity index (χ2n) is 7.41. The summed E-state index contributed by atoms with van der Waals surface area (Å²) in [5.41, 5.74) is 1.25. The molecular weight excluding hydrogens is 427 g/mol. The van der Waals surface area contributed by atoms with E-state index in [1.807, 2.05) is 0 Å². The quantitative estimate of drug-likeness (QED) is 0.350. The van der Waals surface area contributed by atoms with Crippen molar-refractivity contribution in [1.82, 2.24) is 9.88 Å². The number of carbonyl (C=O) groups excluding carboxylic acids is 2. The number of aliphatic hydroxyl groups is 1. The van der Waals surface area contributed by atoms with Gasteiger partial charge < -0.3 is 19.5 Å². The molecule has 2 aromatic carbocycles. The van der Waals surface area contributed by atoms with E-state index in [4.69, 9.17) is 9.47 Å². The van der Waals surface area contributed by atoms with Crippen molar-refractivity contribution >= 4 is 17.4 Å². The van der Waals surface area contributed by atoms with Crippen LogP contribution in [0.25, 0.3) is 5.76 Å². The summed E-state index contributed by atoms with van der Waals surface area (Å²) >= 11 is 0. The number of rotatable bonds is 6. The molecule has 2 heterocycles. The first kappa shape index (κ1) is 22.0. The predicted molar refractivity (Wildman–Crippen MR) is 118 cm³/mol. The molecule has 1 amide bonds. The molecule has 8 heteroatoms. The SMILES string of the molecule is COc1cccc(C2/C(=C(\O)c3ccc(OC)c(F)c3)C(=O)C(=O)N2Cc2ccncc2)c1. The van der Waals surface area contributed by atoms with Crippen LogP contribution in [0.1, 0.15) is 22.7 Å². The van der Waals surface area contributed by atoms with Crippen LogP contribution >= 0.6 is 0 Å². The normalized spacial score (nSPS) is 17.3. The molecule has 3 aromatic rings. The van der Waals surface area contributed by atoms with Crippen LogP contribution in [0.2, 0.25) is 0 Å². The molecule has 0 radical (unpaired) electrons. The molecule has 1 aliphatic heterocycles. The minimum atomic E-state index is -0.904. The number of amides is 1. The molecule has 0 spiro atoms. The van der Waals surface area contributed by atoms with E-state index in [2.05, 4.69) is 4.98 Å².